The lowest BCUT2D eigenvalue weighted by Gasteiger charge is -2.61. The Bertz CT molecular complexity index is 446. The number of hydrogen-bond donors (Lipinski definition) is 0. The Morgan fingerprint density at radius 2 is 1.86 bits per heavy atom. The zero-order valence-electron chi connectivity index (χ0n) is 14.3. The molecule has 4 rings (SSSR count). The fourth-order valence-electron chi connectivity index (χ4n) is 5.73. The minimum Gasteiger partial charge on any atom is -0.502 e. The first-order chi connectivity index (χ1) is 10.3. The Hall–Kier alpha value is -0.990. The summed E-state index contributed by atoms with van der Waals surface area (Å²) in [6, 6.07) is 0. The van der Waals surface area contributed by atoms with Gasteiger partial charge in [0.2, 0.25) is 0 Å². The Kier molecular flexibility index (Phi) is 3.81. The van der Waals surface area contributed by atoms with E-state index in [9.17, 15) is 4.79 Å². The summed E-state index contributed by atoms with van der Waals surface area (Å²) in [7, 11) is 0. The van der Waals surface area contributed by atoms with Crippen LogP contribution in [0, 0.1) is 22.7 Å². The van der Waals surface area contributed by atoms with E-state index in [4.69, 9.17) is 9.47 Å². The van der Waals surface area contributed by atoms with Gasteiger partial charge in [-0.15, -0.1) is 0 Å². The van der Waals surface area contributed by atoms with Crippen LogP contribution in [-0.4, -0.2) is 18.2 Å². The molecule has 4 aliphatic carbocycles. The van der Waals surface area contributed by atoms with Crippen LogP contribution in [0.1, 0.15) is 65.7 Å². The second-order valence-electron chi connectivity index (χ2n) is 9.03. The second kappa shape index (κ2) is 5.28. The lowest BCUT2D eigenvalue weighted by atomic mass is 9.43. The molecule has 4 bridgehead atoms. The molecule has 0 heterocycles. The summed E-state index contributed by atoms with van der Waals surface area (Å²) in [5.41, 5.74) is -0.310. The second-order valence-corrected chi connectivity index (χ2v) is 9.03. The van der Waals surface area contributed by atoms with Crippen molar-refractivity contribution in [3.63, 3.8) is 0 Å². The predicted molar refractivity (Wildman–Crippen MR) is 86.2 cm³/mol. The summed E-state index contributed by atoms with van der Waals surface area (Å²) in [4.78, 5) is 12.9. The number of esters is 1. The van der Waals surface area contributed by atoms with Crippen LogP contribution in [0.4, 0.5) is 0 Å². The first-order valence-electron chi connectivity index (χ1n) is 8.72. The van der Waals surface area contributed by atoms with Gasteiger partial charge in [-0.3, -0.25) is 4.79 Å². The van der Waals surface area contributed by atoms with Crippen molar-refractivity contribution >= 4 is 5.97 Å². The smallest absolute Gasteiger partial charge is 0.312 e. The normalized spacial score (nSPS) is 39.6. The monoisotopic (exact) mass is 306 g/mol. The van der Waals surface area contributed by atoms with Crippen molar-refractivity contribution in [3.05, 3.63) is 12.8 Å². The third kappa shape index (κ3) is 2.91. The molecule has 3 nitrogen and oxygen atoms in total. The maximum absolute atomic E-state index is 12.9. The van der Waals surface area contributed by atoms with E-state index in [0.717, 1.165) is 32.3 Å². The Balaban J connectivity index is 1.78. The van der Waals surface area contributed by atoms with Gasteiger partial charge < -0.3 is 9.47 Å². The molecular formula is C19H30O3. The molecule has 3 heteroatoms. The highest BCUT2D eigenvalue weighted by atomic mass is 16.6. The molecule has 2 atom stereocenters. The summed E-state index contributed by atoms with van der Waals surface area (Å²) in [6.07, 6.45) is 9.53. The van der Waals surface area contributed by atoms with Gasteiger partial charge in [-0.1, -0.05) is 6.58 Å². The van der Waals surface area contributed by atoms with Crippen molar-refractivity contribution in [2.24, 2.45) is 22.7 Å². The fraction of sp³-hybridized carbons (Fsp3) is 0.842. The highest BCUT2D eigenvalue weighted by Crippen LogP contribution is 2.66. The first-order valence-corrected chi connectivity index (χ1v) is 8.72. The third-order valence-electron chi connectivity index (χ3n) is 5.88. The van der Waals surface area contributed by atoms with E-state index in [2.05, 4.69) is 6.58 Å². The van der Waals surface area contributed by atoms with Gasteiger partial charge in [-0.25, -0.2) is 0 Å². The molecule has 0 aromatic heterocycles. The molecule has 4 aliphatic rings. The van der Waals surface area contributed by atoms with E-state index >= 15 is 0 Å². The molecule has 0 aliphatic heterocycles. The SMILES string of the molecule is C=COCCC12CC3CC(C1)CC(C(=O)OC(C)(C)C)(C3)C2. The van der Waals surface area contributed by atoms with Crippen LogP contribution in [-0.2, 0) is 14.3 Å². The van der Waals surface area contributed by atoms with E-state index in [-0.39, 0.29) is 17.0 Å². The van der Waals surface area contributed by atoms with Crippen LogP contribution in [0.2, 0.25) is 0 Å². The van der Waals surface area contributed by atoms with Gasteiger partial charge in [0.1, 0.15) is 5.60 Å². The molecule has 0 aromatic carbocycles. The largest absolute Gasteiger partial charge is 0.502 e. The van der Waals surface area contributed by atoms with Crippen LogP contribution >= 0.6 is 0 Å². The first kappa shape index (κ1) is 15.9. The van der Waals surface area contributed by atoms with Gasteiger partial charge in [0.15, 0.2) is 0 Å². The van der Waals surface area contributed by atoms with Gasteiger partial charge in [-0.05, 0) is 83.0 Å². The van der Waals surface area contributed by atoms with Crippen molar-refractivity contribution in [3.8, 4) is 0 Å². The molecule has 22 heavy (non-hydrogen) atoms. The lowest BCUT2D eigenvalue weighted by molar-refractivity contribution is -0.192. The van der Waals surface area contributed by atoms with E-state index in [1.54, 1.807) is 0 Å². The summed E-state index contributed by atoms with van der Waals surface area (Å²) >= 11 is 0. The fourth-order valence-corrected chi connectivity index (χ4v) is 5.73. The van der Waals surface area contributed by atoms with Crippen molar-refractivity contribution in [1.82, 2.24) is 0 Å². The van der Waals surface area contributed by atoms with E-state index in [1.165, 1.54) is 25.5 Å². The highest BCUT2D eigenvalue weighted by molar-refractivity contribution is 5.78. The summed E-state index contributed by atoms with van der Waals surface area (Å²) < 4.78 is 11.2. The van der Waals surface area contributed by atoms with E-state index < -0.39 is 0 Å². The standard InChI is InChI=1S/C19H30O3/c1-5-21-7-6-18-9-14-8-15(10-18)12-19(11-14,13-18)16(20)22-17(2,3)4/h5,14-15H,1,6-13H2,2-4H3. The molecule has 0 amide bonds. The zero-order chi connectivity index (χ0) is 16.0. The zero-order valence-corrected chi connectivity index (χ0v) is 14.3. The molecule has 0 radical (unpaired) electrons. The van der Waals surface area contributed by atoms with Crippen LogP contribution in [0.3, 0.4) is 0 Å². The van der Waals surface area contributed by atoms with Gasteiger partial charge in [0.05, 0.1) is 18.3 Å². The van der Waals surface area contributed by atoms with E-state index in [0.29, 0.717) is 17.3 Å². The topological polar surface area (TPSA) is 35.5 Å². The molecule has 0 aromatic rings. The molecule has 0 N–H and O–H groups in total. The number of carbonyl (C=O) groups is 1. The molecule has 2 unspecified atom stereocenters. The highest BCUT2D eigenvalue weighted by Gasteiger charge is 2.61. The summed E-state index contributed by atoms with van der Waals surface area (Å²) in [6.45, 7) is 10.3. The van der Waals surface area contributed by atoms with Crippen molar-refractivity contribution < 1.29 is 14.3 Å². The average Bonchev–Trinajstić information content (AvgIpc) is 2.35. The Labute approximate surface area is 134 Å². The van der Waals surface area contributed by atoms with Gasteiger partial charge in [0.25, 0.3) is 0 Å². The van der Waals surface area contributed by atoms with Gasteiger partial charge in [-0.2, -0.15) is 0 Å². The minimum absolute atomic E-state index is 0.0584. The predicted octanol–water partition coefficient (Wildman–Crippen LogP) is 4.46. The van der Waals surface area contributed by atoms with Crippen LogP contribution in [0.15, 0.2) is 12.8 Å². The van der Waals surface area contributed by atoms with Gasteiger partial charge in [0, 0.05) is 0 Å². The molecular weight excluding hydrogens is 276 g/mol. The summed E-state index contributed by atoms with van der Waals surface area (Å²) in [5, 5.41) is 0. The maximum Gasteiger partial charge on any atom is 0.312 e. The van der Waals surface area contributed by atoms with Crippen molar-refractivity contribution in [1.29, 1.82) is 0 Å². The third-order valence-corrected chi connectivity index (χ3v) is 5.88. The Morgan fingerprint density at radius 1 is 1.23 bits per heavy atom. The maximum atomic E-state index is 12.9. The number of rotatable bonds is 5. The van der Waals surface area contributed by atoms with E-state index in [1.807, 2.05) is 20.8 Å². The molecule has 124 valence electrons. The average molecular weight is 306 g/mol. The minimum atomic E-state index is -0.389. The number of carbonyl (C=O) groups excluding carboxylic acids is 1. The van der Waals surface area contributed by atoms with Crippen molar-refractivity contribution in [2.75, 3.05) is 6.61 Å². The van der Waals surface area contributed by atoms with Crippen LogP contribution in [0.5, 0.6) is 0 Å². The summed E-state index contributed by atoms with van der Waals surface area (Å²) in [5.74, 6) is 1.47. The van der Waals surface area contributed by atoms with Crippen molar-refractivity contribution in [2.45, 2.75) is 71.3 Å². The quantitative estimate of drug-likeness (QED) is 0.427. The van der Waals surface area contributed by atoms with Crippen LogP contribution in [0.25, 0.3) is 0 Å². The lowest BCUT2D eigenvalue weighted by Crippen LogP contribution is -2.56. The molecule has 4 saturated carbocycles. The van der Waals surface area contributed by atoms with Crippen LogP contribution < -0.4 is 0 Å². The molecule has 0 spiro atoms. The molecule has 4 fully saturated rings. The van der Waals surface area contributed by atoms with Gasteiger partial charge >= 0.3 is 5.97 Å². The number of hydrogen-bond acceptors (Lipinski definition) is 3. The molecule has 0 saturated heterocycles. The number of ether oxygens (including phenoxy) is 2. The Morgan fingerprint density at radius 3 is 2.41 bits per heavy atom.